The average Bonchev–Trinajstić information content (AvgIpc) is 3.08. The topological polar surface area (TPSA) is 81.7 Å². The third-order valence-corrected chi connectivity index (χ3v) is 6.04. The van der Waals surface area contributed by atoms with Gasteiger partial charge in [0.25, 0.3) is 5.91 Å². The molecular formula is C23H24FNO5S. The van der Waals surface area contributed by atoms with Crippen molar-refractivity contribution in [2.24, 2.45) is 5.92 Å². The van der Waals surface area contributed by atoms with E-state index in [4.69, 9.17) is 9.47 Å². The Morgan fingerprint density at radius 2 is 1.97 bits per heavy atom. The zero-order valence-corrected chi connectivity index (χ0v) is 18.2. The van der Waals surface area contributed by atoms with Crippen molar-refractivity contribution < 1.29 is 28.2 Å². The van der Waals surface area contributed by atoms with Crippen LogP contribution in [0.15, 0.2) is 30.3 Å². The predicted molar refractivity (Wildman–Crippen MR) is 116 cm³/mol. The highest BCUT2D eigenvalue weighted by Crippen LogP contribution is 2.40. The zero-order valence-electron chi connectivity index (χ0n) is 17.4. The lowest BCUT2D eigenvalue weighted by Crippen LogP contribution is -2.21. The number of fused-ring (bicyclic) bond motifs is 1. The Morgan fingerprint density at radius 1 is 1.23 bits per heavy atom. The van der Waals surface area contributed by atoms with E-state index in [1.165, 1.54) is 41.7 Å². The summed E-state index contributed by atoms with van der Waals surface area (Å²) < 4.78 is 23.0. The van der Waals surface area contributed by atoms with E-state index in [0.717, 1.165) is 35.8 Å². The van der Waals surface area contributed by atoms with Gasteiger partial charge in [0.2, 0.25) is 0 Å². The van der Waals surface area contributed by atoms with Gasteiger partial charge in [0.05, 0.1) is 12.2 Å². The number of halogens is 1. The van der Waals surface area contributed by atoms with Crippen molar-refractivity contribution in [1.29, 1.82) is 0 Å². The van der Waals surface area contributed by atoms with Crippen LogP contribution in [0.4, 0.5) is 9.39 Å². The predicted octanol–water partition coefficient (Wildman–Crippen LogP) is 4.38. The number of ether oxygens (including phenoxy) is 2. The number of hydrogen-bond donors (Lipinski definition) is 1. The molecule has 31 heavy (non-hydrogen) atoms. The molecule has 1 aliphatic carbocycles. The molecule has 0 saturated carbocycles. The summed E-state index contributed by atoms with van der Waals surface area (Å²) in [7, 11) is 0. The quantitative estimate of drug-likeness (QED) is 0.505. The number of nitrogens with one attached hydrogen (secondary N) is 1. The number of amides is 1. The first-order chi connectivity index (χ1) is 14.9. The van der Waals surface area contributed by atoms with Crippen LogP contribution >= 0.6 is 11.3 Å². The lowest BCUT2D eigenvalue weighted by atomic mass is 9.88. The van der Waals surface area contributed by atoms with E-state index < -0.39 is 24.5 Å². The van der Waals surface area contributed by atoms with Crippen LogP contribution in [0.5, 0.6) is 0 Å². The molecule has 1 atom stereocenters. The molecule has 3 rings (SSSR count). The second kappa shape index (κ2) is 10.3. The molecule has 1 aromatic carbocycles. The molecule has 2 aromatic rings. The molecule has 0 aliphatic heterocycles. The second-order valence-electron chi connectivity index (χ2n) is 7.32. The van der Waals surface area contributed by atoms with E-state index in [1.54, 1.807) is 6.92 Å². The van der Waals surface area contributed by atoms with Gasteiger partial charge in [-0.25, -0.2) is 14.0 Å². The minimum atomic E-state index is -0.704. The zero-order chi connectivity index (χ0) is 22.4. The third-order valence-electron chi connectivity index (χ3n) is 4.87. The van der Waals surface area contributed by atoms with Crippen LogP contribution < -0.4 is 5.32 Å². The van der Waals surface area contributed by atoms with Crippen molar-refractivity contribution >= 4 is 40.3 Å². The summed E-state index contributed by atoms with van der Waals surface area (Å²) in [4.78, 5) is 37.8. The first-order valence-electron chi connectivity index (χ1n) is 10.1. The smallest absolute Gasteiger partial charge is 0.341 e. The number of rotatable bonds is 7. The molecule has 0 radical (unpaired) electrons. The Hall–Kier alpha value is -3.00. The van der Waals surface area contributed by atoms with E-state index in [2.05, 4.69) is 12.2 Å². The van der Waals surface area contributed by atoms with Gasteiger partial charge >= 0.3 is 11.9 Å². The molecule has 164 valence electrons. The highest BCUT2D eigenvalue weighted by atomic mass is 32.1. The van der Waals surface area contributed by atoms with Gasteiger partial charge in [0, 0.05) is 11.0 Å². The van der Waals surface area contributed by atoms with Gasteiger partial charge in [-0.1, -0.05) is 19.1 Å². The van der Waals surface area contributed by atoms with Gasteiger partial charge in [-0.3, -0.25) is 4.79 Å². The molecule has 1 heterocycles. The summed E-state index contributed by atoms with van der Waals surface area (Å²) in [6.07, 6.45) is 5.22. The molecule has 0 fully saturated rings. The van der Waals surface area contributed by atoms with E-state index in [1.807, 2.05) is 0 Å². The standard InChI is InChI=1S/C23H24FNO5S/c1-3-29-23(28)21-17-10-4-14(2)12-18(17)31-22(21)25-19(26)13-30-20(27)11-7-15-5-8-16(24)9-6-15/h5-9,11,14H,3-4,10,12-13H2,1-2H3,(H,25,26). The highest BCUT2D eigenvalue weighted by molar-refractivity contribution is 7.17. The van der Waals surface area contributed by atoms with E-state index in [0.29, 0.717) is 22.0 Å². The largest absolute Gasteiger partial charge is 0.462 e. The Morgan fingerprint density at radius 3 is 2.68 bits per heavy atom. The number of carbonyl (C=O) groups is 3. The second-order valence-corrected chi connectivity index (χ2v) is 8.42. The minimum Gasteiger partial charge on any atom is -0.462 e. The van der Waals surface area contributed by atoms with Gasteiger partial charge in [-0.05, 0) is 61.4 Å². The normalized spacial score (nSPS) is 15.4. The molecule has 1 aromatic heterocycles. The SMILES string of the molecule is CCOC(=O)c1c(NC(=O)COC(=O)C=Cc2ccc(F)cc2)sc2c1CCC(C)C2. The molecule has 0 spiro atoms. The highest BCUT2D eigenvalue weighted by Gasteiger charge is 2.29. The minimum absolute atomic E-state index is 0.241. The number of carbonyl (C=O) groups excluding carboxylic acids is 3. The van der Waals surface area contributed by atoms with Crippen molar-refractivity contribution in [3.05, 3.63) is 57.7 Å². The lowest BCUT2D eigenvalue weighted by Gasteiger charge is -2.18. The van der Waals surface area contributed by atoms with E-state index in [-0.39, 0.29) is 12.4 Å². The van der Waals surface area contributed by atoms with Crippen LogP contribution in [0, 0.1) is 11.7 Å². The van der Waals surface area contributed by atoms with E-state index >= 15 is 0 Å². The molecule has 1 unspecified atom stereocenters. The summed E-state index contributed by atoms with van der Waals surface area (Å²) in [5.74, 6) is -1.56. The van der Waals surface area contributed by atoms with Crippen LogP contribution in [0.25, 0.3) is 6.08 Å². The molecule has 1 aliphatic rings. The Labute approximate surface area is 184 Å². The van der Waals surface area contributed by atoms with Crippen LogP contribution in [0.1, 0.15) is 46.6 Å². The third kappa shape index (κ3) is 6.01. The van der Waals surface area contributed by atoms with Gasteiger partial charge < -0.3 is 14.8 Å². The van der Waals surface area contributed by atoms with Crippen molar-refractivity contribution in [3.8, 4) is 0 Å². The van der Waals surface area contributed by atoms with E-state index in [9.17, 15) is 18.8 Å². The maximum atomic E-state index is 12.9. The summed E-state index contributed by atoms with van der Waals surface area (Å²) in [5, 5.41) is 3.12. The van der Waals surface area contributed by atoms with Gasteiger partial charge in [0.15, 0.2) is 6.61 Å². The number of thiophene rings is 1. The Kier molecular flexibility index (Phi) is 7.57. The maximum Gasteiger partial charge on any atom is 0.341 e. The molecule has 0 bridgehead atoms. The van der Waals surface area contributed by atoms with Crippen molar-refractivity contribution in [2.75, 3.05) is 18.5 Å². The van der Waals surface area contributed by atoms with Crippen molar-refractivity contribution in [3.63, 3.8) is 0 Å². The fraction of sp³-hybridized carbons (Fsp3) is 0.348. The van der Waals surface area contributed by atoms with Crippen LogP contribution in [-0.2, 0) is 31.9 Å². The van der Waals surface area contributed by atoms with Crippen LogP contribution in [0.3, 0.4) is 0 Å². The molecule has 0 saturated heterocycles. The van der Waals surface area contributed by atoms with Gasteiger partial charge in [-0.2, -0.15) is 0 Å². The number of hydrogen-bond acceptors (Lipinski definition) is 6. The number of esters is 2. The fourth-order valence-corrected chi connectivity index (χ4v) is 4.76. The van der Waals surface area contributed by atoms with Crippen LogP contribution in [0.2, 0.25) is 0 Å². The lowest BCUT2D eigenvalue weighted by molar-refractivity contribution is -0.142. The molecule has 6 nitrogen and oxygen atoms in total. The summed E-state index contributed by atoms with van der Waals surface area (Å²) in [6, 6.07) is 5.59. The summed E-state index contributed by atoms with van der Waals surface area (Å²) in [6.45, 7) is 3.64. The Bertz CT molecular complexity index is 996. The van der Waals surface area contributed by atoms with Gasteiger partial charge in [0.1, 0.15) is 10.8 Å². The average molecular weight is 446 g/mol. The van der Waals surface area contributed by atoms with Crippen LogP contribution in [-0.4, -0.2) is 31.1 Å². The fourth-order valence-electron chi connectivity index (χ4n) is 3.34. The first kappa shape index (κ1) is 22.7. The van der Waals surface area contributed by atoms with Gasteiger partial charge in [-0.15, -0.1) is 11.3 Å². The van der Waals surface area contributed by atoms with Crippen molar-refractivity contribution in [1.82, 2.24) is 0 Å². The molecule has 1 amide bonds. The Balaban J connectivity index is 1.62. The molecule has 1 N–H and O–H groups in total. The van der Waals surface area contributed by atoms with Crippen molar-refractivity contribution in [2.45, 2.75) is 33.1 Å². The molecular weight excluding hydrogens is 421 g/mol. The monoisotopic (exact) mass is 445 g/mol. The summed E-state index contributed by atoms with van der Waals surface area (Å²) in [5.41, 5.74) is 1.97. The first-order valence-corrected chi connectivity index (χ1v) is 10.9. The number of anilines is 1. The summed E-state index contributed by atoms with van der Waals surface area (Å²) >= 11 is 1.37. The molecule has 8 heteroatoms. The maximum absolute atomic E-state index is 12.9. The number of benzene rings is 1.